The monoisotopic (exact) mass is 402 g/mol. The van der Waals surface area contributed by atoms with Crippen LogP contribution in [0.1, 0.15) is 10.4 Å². The Labute approximate surface area is 169 Å². The average molecular weight is 402 g/mol. The summed E-state index contributed by atoms with van der Waals surface area (Å²) in [4.78, 5) is 17.9. The van der Waals surface area contributed by atoms with Gasteiger partial charge in [0.25, 0.3) is 5.91 Å². The number of hydrogen-bond donors (Lipinski definition) is 1. The second kappa shape index (κ2) is 7.48. The van der Waals surface area contributed by atoms with Gasteiger partial charge in [0.2, 0.25) is 0 Å². The predicted octanol–water partition coefficient (Wildman–Crippen LogP) is 4.56. The van der Waals surface area contributed by atoms with E-state index in [1.807, 2.05) is 54.6 Å². The number of benzene rings is 3. The highest BCUT2D eigenvalue weighted by Crippen LogP contribution is 2.25. The van der Waals surface area contributed by atoms with E-state index in [9.17, 15) is 13.2 Å². The molecule has 0 unspecified atom stereocenters. The van der Waals surface area contributed by atoms with Gasteiger partial charge in [-0.3, -0.25) is 4.79 Å². The summed E-state index contributed by atoms with van der Waals surface area (Å²) in [7, 11) is -3.29. The van der Waals surface area contributed by atoms with E-state index in [1.54, 1.807) is 18.2 Å². The summed E-state index contributed by atoms with van der Waals surface area (Å²) < 4.78 is 23.2. The van der Waals surface area contributed by atoms with Gasteiger partial charge in [0, 0.05) is 22.9 Å². The zero-order valence-electron chi connectivity index (χ0n) is 15.7. The molecule has 6 heteroatoms. The SMILES string of the molecule is CS(=O)(=O)c1ccc(NC(=O)c2cc(-c3ccccc3)nc3ccccc23)cc1. The number of fused-ring (bicyclic) bond motifs is 1. The first-order valence-electron chi connectivity index (χ1n) is 8.98. The second-order valence-electron chi connectivity index (χ2n) is 6.69. The normalized spacial score (nSPS) is 11.3. The van der Waals surface area contributed by atoms with Crippen molar-refractivity contribution >= 4 is 32.3 Å². The van der Waals surface area contributed by atoms with E-state index in [2.05, 4.69) is 10.3 Å². The minimum atomic E-state index is -3.29. The Kier molecular flexibility index (Phi) is 4.86. The van der Waals surface area contributed by atoms with Gasteiger partial charge in [-0.1, -0.05) is 48.5 Å². The van der Waals surface area contributed by atoms with Crippen LogP contribution < -0.4 is 5.32 Å². The van der Waals surface area contributed by atoms with Crippen LogP contribution in [0.4, 0.5) is 5.69 Å². The van der Waals surface area contributed by atoms with Crippen LogP contribution in [0.3, 0.4) is 0 Å². The standard InChI is InChI=1S/C23H18N2O3S/c1-29(27,28)18-13-11-17(12-14-18)24-23(26)20-15-22(16-7-3-2-4-8-16)25-21-10-6-5-9-19(20)21/h2-15H,1H3,(H,24,26). The molecule has 1 aromatic heterocycles. The number of anilines is 1. The largest absolute Gasteiger partial charge is 0.322 e. The quantitative estimate of drug-likeness (QED) is 0.543. The number of aromatic nitrogens is 1. The lowest BCUT2D eigenvalue weighted by Crippen LogP contribution is -2.13. The topological polar surface area (TPSA) is 76.1 Å². The van der Waals surface area contributed by atoms with Gasteiger partial charge in [-0.25, -0.2) is 13.4 Å². The lowest BCUT2D eigenvalue weighted by molar-refractivity contribution is 0.102. The maximum Gasteiger partial charge on any atom is 0.256 e. The van der Waals surface area contributed by atoms with E-state index in [4.69, 9.17) is 0 Å². The highest BCUT2D eigenvalue weighted by atomic mass is 32.2. The first-order valence-corrected chi connectivity index (χ1v) is 10.9. The van der Waals surface area contributed by atoms with Gasteiger partial charge < -0.3 is 5.32 Å². The molecule has 3 aromatic carbocycles. The Morgan fingerprint density at radius 3 is 2.21 bits per heavy atom. The Balaban J connectivity index is 1.73. The lowest BCUT2D eigenvalue weighted by atomic mass is 10.0. The van der Waals surface area contributed by atoms with Crippen molar-refractivity contribution in [2.45, 2.75) is 4.90 Å². The van der Waals surface area contributed by atoms with Gasteiger partial charge >= 0.3 is 0 Å². The third-order valence-corrected chi connectivity index (χ3v) is 5.70. The van der Waals surface area contributed by atoms with Crippen LogP contribution in [0.15, 0.2) is 89.8 Å². The zero-order chi connectivity index (χ0) is 20.4. The van der Waals surface area contributed by atoms with Gasteiger partial charge in [0.05, 0.1) is 21.7 Å². The third kappa shape index (κ3) is 4.02. The highest BCUT2D eigenvalue weighted by Gasteiger charge is 2.15. The van der Waals surface area contributed by atoms with Crippen LogP contribution in [0, 0.1) is 0 Å². The van der Waals surface area contributed by atoms with Crippen LogP contribution in [-0.2, 0) is 9.84 Å². The molecule has 4 rings (SSSR count). The number of carbonyl (C=O) groups is 1. The van der Waals surface area contributed by atoms with Crippen LogP contribution >= 0.6 is 0 Å². The van der Waals surface area contributed by atoms with Crippen LogP contribution in [-0.4, -0.2) is 25.6 Å². The molecule has 0 spiro atoms. The molecule has 0 atom stereocenters. The molecular formula is C23H18N2O3S. The minimum Gasteiger partial charge on any atom is -0.322 e. The molecule has 1 heterocycles. The average Bonchev–Trinajstić information content (AvgIpc) is 2.73. The lowest BCUT2D eigenvalue weighted by Gasteiger charge is -2.11. The molecule has 0 saturated heterocycles. The number of carbonyl (C=O) groups excluding carboxylic acids is 1. The van der Waals surface area contributed by atoms with Crippen molar-refractivity contribution in [1.29, 1.82) is 0 Å². The van der Waals surface area contributed by atoms with Crippen molar-refractivity contribution in [3.8, 4) is 11.3 Å². The number of sulfone groups is 1. The van der Waals surface area contributed by atoms with E-state index in [0.29, 0.717) is 16.9 Å². The number of amides is 1. The third-order valence-electron chi connectivity index (χ3n) is 4.57. The summed E-state index contributed by atoms with van der Waals surface area (Å²) in [5.74, 6) is -0.284. The molecule has 0 saturated carbocycles. The summed E-state index contributed by atoms with van der Waals surface area (Å²) in [5.41, 5.74) is 3.38. The molecule has 0 aliphatic carbocycles. The van der Waals surface area contributed by atoms with E-state index in [0.717, 1.165) is 22.7 Å². The fourth-order valence-corrected chi connectivity index (χ4v) is 3.73. The molecule has 0 aliphatic heterocycles. The van der Waals surface area contributed by atoms with Crippen molar-refractivity contribution in [2.24, 2.45) is 0 Å². The van der Waals surface area contributed by atoms with E-state index < -0.39 is 9.84 Å². The molecule has 144 valence electrons. The first-order chi connectivity index (χ1) is 13.9. The number of pyridine rings is 1. The van der Waals surface area contributed by atoms with Crippen molar-refractivity contribution in [3.05, 3.63) is 90.5 Å². The van der Waals surface area contributed by atoms with Gasteiger partial charge in [-0.15, -0.1) is 0 Å². The Morgan fingerprint density at radius 2 is 1.52 bits per heavy atom. The molecule has 1 N–H and O–H groups in total. The van der Waals surface area contributed by atoms with Crippen LogP contribution in [0.25, 0.3) is 22.2 Å². The molecular weight excluding hydrogens is 384 g/mol. The molecule has 0 fully saturated rings. The predicted molar refractivity (Wildman–Crippen MR) is 115 cm³/mol. The Bertz CT molecular complexity index is 1300. The van der Waals surface area contributed by atoms with E-state index in [-0.39, 0.29) is 10.8 Å². The van der Waals surface area contributed by atoms with Crippen molar-refractivity contribution in [1.82, 2.24) is 4.98 Å². The molecule has 5 nitrogen and oxygen atoms in total. The molecule has 0 radical (unpaired) electrons. The van der Waals surface area contributed by atoms with Crippen molar-refractivity contribution < 1.29 is 13.2 Å². The minimum absolute atomic E-state index is 0.205. The maximum absolute atomic E-state index is 13.0. The van der Waals surface area contributed by atoms with Gasteiger partial charge in [0.15, 0.2) is 9.84 Å². The summed E-state index contributed by atoms with van der Waals surface area (Å²) in [6.45, 7) is 0. The van der Waals surface area contributed by atoms with E-state index >= 15 is 0 Å². The fraction of sp³-hybridized carbons (Fsp3) is 0.0435. The number of rotatable bonds is 4. The summed E-state index contributed by atoms with van der Waals surface area (Å²) in [6.07, 6.45) is 1.15. The first kappa shape index (κ1) is 18.8. The molecule has 1 amide bonds. The Hall–Kier alpha value is -3.51. The number of hydrogen-bond acceptors (Lipinski definition) is 4. The highest BCUT2D eigenvalue weighted by molar-refractivity contribution is 7.90. The molecule has 4 aromatic rings. The number of nitrogens with zero attached hydrogens (tertiary/aromatic N) is 1. The second-order valence-corrected chi connectivity index (χ2v) is 8.70. The number of para-hydroxylation sites is 1. The fourth-order valence-electron chi connectivity index (χ4n) is 3.10. The van der Waals surface area contributed by atoms with Gasteiger partial charge in [0.1, 0.15) is 0 Å². The molecule has 29 heavy (non-hydrogen) atoms. The number of nitrogens with one attached hydrogen (secondary N) is 1. The maximum atomic E-state index is 13.0. The van der Waals surface area contributed by atoms with Crippen LogP contribution in [0.2, 0.25) is 0 Å². The smallest absolute Gasteiger partial charge is 0.256 e. The molecule has 0 aliphatic rings. The summed E-state index contributed by atoms with van der Waals surface area (Å²) in [5, 5.41) is 3.59. The summed E-state index contributed by atoms with van der Waals surface area (Å²) >= 11 is 0. The van der Waals surface area contributed by atoms with Gasteiger partial charge in [-0.2, -0.15) is 0 Å². The van der Waals surface area contributed by atoms with Crippen molar-refractivity contribution in [2.75, 3.05) is 11.6 Å². The van der Waals surface area contributed by atoms with E-state index in [1.165, 1.54) is 12.1 Å². The van der Waals surface area contributed by atoms with Gasteiger partial charge in [-0.05, 0) is 36.4 Å². The molecule has 0 bridgehead atoms. The zero-order valence-corrected chi connectivity index (χ0v) is 16.5. The van der Waals surface area contributed by atoms with Crippen molar-refractivity contribution in [3.63, 3.8) is 0 Å². The Morgan fingerprint density at radius 1 is 0.862 bits per heavy atom. The van der Waals surface area contributed by atoms with Crippen LogP contribution in [0.5, 0.6) is 0 Å². The summed E-state index contributed by atoms with van der Waals surface area (Å²) in [6, 6.07) is 25.0.